The van der Waals surface area contributed by atoms with Crippen molar-refractivity contribution in [2.45, 2.75) is 18.2 Å². The summed E-state index contributed by atoms with van der Waals surface area (Å²) in [6.45, 7) is 1.90. The molecule has 0 N–H and O–H groups in total. The van der Waals surface area contributed by atoms with E-state index in [0.29, 0.717) is 11.5 Å². The zero-order valence-electron chi connectivity index (χ0n) is 12.3. The van der Waals surface area contributed by atoms with Crippen molar-refractivity contribution in [3.05, 3.63) is 53.1 Å². The van der Waals surface area contributed by atoms with Crippen molar-refractivity contribution >= 4 is 11.8 Å². The van der Waals surface area contributed by atoms with Crippen LogP contribution in [0.2, 0.25) is 0 Å². The van der Waals surface area contributed by atoms with E-state index in [0.717, 1.165) is 18.2 Å². The van der Waals surface area contributed by atoms with Gasteiger partial charge in [0, 0.05) is 0 Å². The fourth-order valence-electron chi connectivity index (χ4n) is 1.89. The number of halogens is 2. The van der Waals surface area contributed by atoms with Gasteiger partial charge in [-0.1, -0.05) is 25.1 Å². The predicted molar refractivity (Wildman–Crippen MR) is 83.3 cm³/mol. The number of nitriles is 2. The largest absolute Gasteiger partial charge is 0.453 e. The van der Waals surface area contributed by atoms with Gasteiger partial charge >= 0.3 is 0 Å². The first kappa shape index (κ1) is 16.8. The maximum atomic E-state index is 14.6. The number of para-hydroxylation sites is 1. The zero-order valence-corrected chi connectivity index (χ0v) is 13.1. The third-order valence-electron chi connectivity index (χ3n) is 2.93. The minimum Gasteiger partial charge on any atom is -0.453 e. The highest BCUT2D eigenvalue weighted by Gasteiger charge is 2.26. The molecule has 23 heavy (non-hydrogen) atoms. The molecule has 0 bridgehead atoms. The normalized spacial score (nSPS) is 9.96. The monoisotopic (exact) mass is 330 g/mol. The lowest BCUT2D eigenvalue weighted by atomic mass is 10.1. The van der Waals surface area contributed by atoms with Crippen LogP contribution in [-0.2, 0) is 0 Å². The van der Waals surface area contributed by atoms with Gasteiger partial charge in [-0.2, -0.15) is 10.5 Å². The summed E-state index contributed by atoms with van der Waals surface area (Å²) in [6, 6.07) is 11.4. The minimum atomic E-state index is -1.02. The third-order valence-corrected chi connectivity index (χ3v) is 4.20. The Bertz CT molecular complexity index is 795. The van der Waals surface area contributed by atoms with E-state index in [4.69, 9.17) is 15.3 Å². The number of nitrogens with zero attached hydrogens (tertiary/aromatic N) is 2. The second kappa shape index (κ2) is 7.62. The molecular formula is C17H12F2N2OS. The van der Waals surface area contributed by atoms with Gasteiger partial charge in [0.25, 0.3) is 0 Å². The average molecular weight is 330 g/mol. The Morgan fingerprint density at radius 1 is 1.04 bits per heavy atom. The highest BCUT2D eigenvalue weighted by molar-refractivity contribution is 7.99. The van der Waals surface area contributed by atoms with Crippen molar-refractivity contribution in [1.82, 2.24) is 0 Å². The maximum Gasteiger partial charge on any atom is 0.186 e. The number of benzene rings is 2. The van der Waals surface area contributed by atoms with Crippen LogP contribution in [0.3, 0.4) is 0 Å². The molecule has 3 nitrogen and oxygen atoms in total. The summed E-state index contributed by atoms with van der Waals surface area (Å²) in [6.07, 6.45) is 0.735. The standard InChI is InChI=1S/C17H12F2N2OS/c1-2-8-23-17-15(19)13(10-21)12(9-20)14(18)16(17)22-11-6-4-3-5-7-11/h3-7H,2,8H2,1H3. The van der Waals surface area contributed by atoms with Gasteiger partial charge in [0.15, 0.2) is 17.4 Å². The van der Waals surface area contributed by atoms with E-state index in [2.05, 4.69) is 0 Å². The van der Waals surface area contributed by atoms with Gasteiger partial charge < -0.3 is 4.74 Å². The fourth-order valence-corrected chi connectivity index (χ4v) is 2.79. The van der Waals surface area contributed by atoms with Crippen LogP contribution in [0.1, 0.15) is 24.5 Å². The topological polar surface area (TPSA) is 56.8 Å². The molecule has 0 saturated carbocycles. The van der Waals surface area contributed by atoms with Gasteiger partial charge in [-0.05, 0) is 24.3 Å². The molecular weight excluding hydrogens is 318 g/mol. The summed E-state index contributed by atoms with van der Waals surface area (Å²) in [5.41, 5.74) is -1.24. The number of ether oxygens (including phenoxy) is 1. The molecule has 0 amide bonds. The van der Waals surface area contributed by atoms with Crippen molar-refractivity contribution in [1.29, 1.82) is 10.5 Å². The molecule has 0 fully saturated rings. The highest BCUT2D eigenvalue weighted by atomic mass is 32.2. The fraction of sp³-hybridized carbons (Fsp3) is 0.176. The maximum absolute atomic E-state index is 14.6. The molecule has 0 spiro atoms. The van der Waals surface area contributed by atoms with Gasteiger partial charge in [-0.25, -0.2) is 8.78 Å². The van der Waals surface area contributed by atoms with Gasteiger partial charge in [0.1, 0.15) is 29.0 Å². The van der Waals surface area contributed by atoms with E-state index < -0.39 is 22.8 Å². The molecule has 0 unspecified atom stereocenters. The number of thioether (sulfide) groups is 1. The third kappa shape index (κ3) is 3.44. The first-order chi connectivity index (χ1) is 11.1. The molecule has 0 aromatic heterocycles. The molecule has 0 aliphatic heterocycles. The molecule has 0 aliphatic carbocycles. The molecule has 0 heterocycles. The van der Waals surface area contributed by atoms with Gasteiger partial charge in [-0.3, -0.25) is 0 Å². The van der Waals surface area contributed by atoms with Gasteiger partial charge in [-0.15, -0.1) is 11.8 Å². The Morgan fingerprint density at radius 2 is 1.65 bits per heavy atom. The van der Waals surface area contributed by atoms with E-state index in [9.17, 15) is 8.78 Å². The Balaban J connectivity index is 2.65. The Morgan fingerprint density at radius 3 is 2.22 bits per heavy atom. The quantitative estimate of drug-likeness (QED) is 0.724. The zero-order chi connectivity index (χ0) is 16.8. The van der Waals surface area contributed by atoms with Crippen LogP contribution in [0.4, 0.5) is 8.78 Å². The van der Waals surface area contributed by atoms with Crippen LogP contribution in [0.5, 0.6) is 11.5 Å². The molecule has 116 valence electrons. The van der Waals surface area contributed by atoms with E-state index in [1.165, 1.54) is 6.07 Å². The molecule has 2 aromatic rings. The summed E-state index contributed by atoms with van der Waals surface area (Å²) < 4.78 is 34.6. The second-order valence-electron chi connectivity index (χ2n) is 4.52. The number of hydrogen-bond donors (Lipinski definition) is 0. The summed E-state index contributed by atoms with van der Waals surface area (Å²) >= 11 is 1.06. The molecule has 0 atom stereocenters. The minimum absolute atomic E-state index is 0.0937. The molecule has 0 radical (unpaired) electrons. The molecule has 0 saturated heterocycles. The van der Waals surface area contributed by atoms with Crippen LogP contribution in [0.25, 0.3) is 0 Å². The first-order valence-corrected chi connectivity index (χ1v) is 7.83. The van der Waals surface area contributed by atoms with Gasteiger partial charge in [0.2, 0.25) is 0 Å². The number of rotatable bonds is 5. The van der Waals surface area contributed by atoms with Crippen LogP contribution < -0.4 is 4.74 Å². The number of hydrogen-bond acceptors (Lipinski definition) is 4. The van der Waals surface area contributed by atoms with Gasteiger partial charge in [0.05, 0.1) is 4.90 Å². The van der Waals surface area contributed by atoms with Crippen LogP contribution in [-0.4, -0.2) is 5.75 Å². The average Bonchev–Trinajstić information content (AvgIpc) is 2.58. The SMILES string of the molecule is CCCSc1c(F)c(C#N)c(C#N)c(F)c1Oc1ccccc1. The Kier molecular flexibility index (Phi) is 5.56. The van der Waals surface area contributed by atoms with Crippen molar-refractivity contribution in [2.75, 3.05) is 5.75 Å². The highest BCUT2D eigenvalue weighted by Crippen LogP contribution is 2.40. The summed E-state index contributed by atoms with van der Waals surface area (Å²) in [5.74, 6) is -1.46. The van der Waals surface area contributed by atoms with Crippen LogP contribution in [0.15, 0.2) is 35.2 Å². The predicted octanol–water partition coefficient (Wildman–Crippen LogP) is 5.00. The van der Waals surface area contributed by atoms with E-state index >= 15 is 0 Å². The molecule has 6 heteroatoms. The summed E-state index contributed by atoms with van der Waals surface area (Å²) in [4.78, 5) is -0.0937. The first-order valence-electron chi connectivity index (χ1n) is 6.84. The van der Waals surface area contributed by atoms with Crippen molar-refractivity contribution in [3.8, 4) is 23.6 Å². The van der Waals surface area contributed by atoms with E-state index in [1.807, 2.05) is 6.92 Å². The smallest absolute Gasteiger partial charge is 0.186 e. The molecule has 2 rings (SSSR count). The lowest BCUT2D eigenvalue weighted by molar-refractivity contribution is 0.418. The Labute approximate surface area is 137 Å². The second-order valence-corrected chi connectivity index (χ2v) is 5.63. The van der Waals surface area contributed by atoms with E-state index in [-0.39, 0.29) is 10.6 Å². The Hall–Kier alpha value is -2.57. The molecule has 2 aromatic carbocycles. The lowest BCUT2D eigenvalue weighted by Crippen LogP contribution is -2.03. The van der Waals surface area contributed by atoms with Crippen molar-refractivity contribution in [3.63, 3.8) is 0 Å². The lowest BCUT2D eigenvalue weighted by Gasteiger charge is -2.14. The summed E-state index contributed by atoms with van der Waals surface area (Å²) in [5, 5.41) is 18.1. The van der Waals surface area contributed by atoms with Crippen molar-refractivity contribution < 1.29 is 13.5 Å². The summed E-state index contributed by atoms with van der Waals surface area (Å²) in [7, 11) is 0. The van der Waals surface area contributed by atoms with Crippen molar-refractivity contribution in [2.24, 2.45) is 0 Å². The van der Waals surface area contributed by atoms with E-state index in [1.54, 1.807) is 36.4 Å². The molecule has 0 aliphatic rings. The van der Waals surface area contributed by atoms with Crippen LogP contribution >= 0.6 is 11.8 Å². The van der Waals surface area contributed by atoms with Crippen LogP contribution in [0, 0.1) is 34.3 Å².